The predicted molar refractivity (Wildman–Crippen MR) is 49.2 cm³/mol. The number of fused-ring (bicyclic) bond motifs is 1. The molecule has 1 aromatic carbocycles. The Balaban J connectivity index is 2.40. The quantitative estimate of drug-likeness (QED) is 0.619. The fourth-order valence-corrected chi connectivity index (χ4v) is 2.07. The van der Waals surface area contributed by atoms with E-state index < -0.39 is 0 Å². The molecule has 1 aliphatic rings. The van der Waals surface area contributed by atoms with E-state index in [0.29, 0.717) is 5.92 Å². The van der Waals surface area contributed by atoms with Crippen molar-refractivity contribution in [2.24, 2.45) is 0 Å². The molecule has 12 heavy (non-hydrogen) atoms. The van der Waals surface area contributed by atoms with Crippen molar-refractivity contribution in [3.63, 3.8) is 0 Å². The summed E-state index contributed by atoms with van der Waals surface area (Å²) in [6, 6.07) is 8.41. The van der Waals surface area contributed by atoms with E-state index in [2.05, 4.69) is 25.1 Å². The second-order valence-electron chi connectivity index (χ2n) is 3.69. The smallest absolute Gasteiger partial charge is 0.0586 e. The van der Waals surface area contributed by atoms with Gasteiger partial charge < -0.3 is 5.11 Å². The zero-order valence-electron chi connectivity index (χ0n) is 7.33. The molecule has 1 nitrogen and oxygen atoms in total. The zero-order valence-corrected chi connectivity index (χ0v) is 7.33. The van der Waals surface area contributed by atoms with E-state index in [1.807, 2.05) is 6.07 Å². The Bertz CT molecular complexity index is 280. The standard InChI is InChI=1S/C11H14O/c1-8-6-10(12)7-9-4-2-3-5-11(8)9/h2-5,8,10,12H,6-7H2,1H3/t8-,10?/m0/s1. The van der Waals surface area contributed by atoms with Crippen LogP contribution in [-0.4, -0.2) is 11.2 Å². The Morgan fingerprint density at radius 3 is 2.92 bits per heavy atom. The van der Waals surface area contributed by atoms with Crippen LogP contribution in [0.15, 0.2) is 24.3 Å². The third-order valence-corrected chi connectivity index (χ3v) is 2.67. The van der Waals surface area contributed by atoms with Crippen LogP contribution < -0.4 is 0 Å². The highest BCUT2D eigenvalue weighted by Gasteiger charge is 2.21. The molecule has 0 radical (unpaired) electrons. The molecule has 2 atom stereocenters. The van der Waals surface area contributed by atoms with Crippen molar-refractivity contribution in [3.05, 3.63) is 35.4 Å². The third kappa shape index (κ3) is 1.25. The van der Waals surface area contributed by atoms with Crippen LogP contribution in [0.3, 0.4) is 0 Å². The average Bonchev–Trinajstić information content (AvgIpc) is 2.04. The summed E-state index contributed by atoms with van der Waals surface area (Å²) in [4.78, 5) is 0. The van der Waals surface area contributed by atoms with Gasteiger partial charge >= 0.3 is 0 Å². The van der Waals surface area contributed by atoms with Gasteiger partial charge in [0.15, 0.2) is 0 Å². The number of aliphatic hydroxyl groups is 1. The van der Waals surface area contributed by atoms with Gasteiger partial charge in [-0.3, -0.25) is 0 Å². The highest BCUT2D eigenvalue weighted by Crippen LogP contribution is 2.30. The minimum Gasteiger partial charge on any atom is -0.393 e. The molecule has 0 fully saturated rings. The maximum absolute atomic E-state index is 9.53. The molecule has 1 N–H and O–H groups in total. The number of hydrogen-bond donors (Lipinski definition) is 1. The maximum Gasteiger partial charge on any atom is 0.0586 e. The van der Waals surface area contributed by atoms with Crippen molar-refractivity contribution in [2.45, 2.75) is 31.8 Å². The van der Waals surface area contributed by atoms with E-state index >= 15 is 0 Å². The van der Waals surface area contributed by atoms with Gasteiger partial charge in [0.2, 0.25) is 0 Å². The molecule has 0 aromatic heterocycles. The lowest BCUT2D eigenvalue weighted by molar-refractivity contribution is 0.149. The average molecular weight is 162 g/mol. The van der Waals surface area contributed by atoms with Gasteiger partial charge in [-0.2, -0.15) is 0 Å². The zero-order chi connectivity index (χ0) is 8.55. The first kappa shape index (κ1) is 7.81. The van der Waals surface area contributed by atoms with Crippen LogP contribution in [0.2, 0.25) is 0 Å². The molecule has 0 spiro atoms. The Labute approximate surface area is 73.0 Å². The molecule has 0 saturated heterocycles. The second kappa shape index (κ2) is 2.91. The molecule has 1 aromatic rings. The van der Waals surface area contributed by atoms with Crippen LogP contribution in [0.1, 0.15) is 30.4 Å². The predicted octanol–water partition coefficient (Wildman–Crippen LogP) is 2.10. The highest BCUT2D eigenvalue weighted by atomic mass is 16.3. The van der Waals surface area contributed by atoms with E-state index in [4.69, 9.17) is 0 Å². The third-order valence-electron chi connectivity index (χ3n) is 2.67. The topological polar surface area (TPSA) is 20.2 Å². The molecule has 1 aliphatic carbocycles. The Hall–Kier alpha value is -0.820. The van der Waals surface area contributed by atoms with E-state index in [1.54, 1.807) is 0 Å². The van der Waals surface area contributed by atoms with Crippen LogP contribution in [-0.2, 0) is 6.42 Å². The second-order valence-corrected chi connectivity index (χ2v) is 3.69. The molecular formula is C11H14O. The summed E-state index contributed by atoms with van der Waals surface area (Å²) in [5.74, 6) is 0.518. The monoisotopic (exact) mass is 162 g/mol. The molecular weight excluding hydrogens is 148 g/mol. The summed E-state index contributed by atoms with van der Waals surface area (Å²) in [6.07, 6.45) is 1.62. The van der Waals surface area contributed by atoms with E-state index in [1.165, 1.54) is 11.1 Å². The molecule has 0 saturated carbocycles. The van der Waals surface area contributed by atoms with Crippen molar-refractivity contribution in [1.29, 1.82) is 0 Å². The number of benzene rings is 1. The summed E-state index contributed by atoms with van der Waals surface area (Å²) in [6.45, 7) is 2.18. The summed E-state index contributed by atoms with van der Waals surface area (Å²) >= 11 is 0. The van der Waals surface area contributed by atoms with Gasteiger partial charge in [0, 0.05) is 0 Å². The molecule has 0 aliphatic heterocycles. The van der Waals surface area contributed by atoms with E-state index in [0.717, 1.165) is 12.8 Å². The molecule has 0 amide bonds. The lowest BCUT2D eigenvalue weighted by Gasteiger charge is -2.25. The van der Waals surface area contributed by atoms with E-state index in [-0.39, 0.29) is 6.10 Å². The number of rotatable bonds is 0. The fourth-order valence-electron chi connectivity index (χ4n) is 2.07. The van der Waals surface area contributed by atoms with Gasteiger partial charge in [0.05, 0.1) is 6.10 Å². The number of hydrogen-bond acceptors (Lipinski definition) is 1. The van der Waals surface area contributed by atoms with Crippen LogP contribution in [0.4, 0.5) is 0 Å². The van der Waals surface area contributed by atoms with E-state index in [9.17, 15) is 5.11 Å². The van der Waals surface area contributed by atoms with Crippen LogP contribution in [0.25, 0.3) is 0 Å². The molecule has 0 heterocycles. The van der Waals surface area contributed by atoms with Gasteiger partial charge in [-0.1, -0.05) is 31.2 Å². The first-order valence-corrected chi connectivity index (χ1v) is 4.53. The van der Waals surface area contributed by atoms with Gasteiger partial charge in [-0.25, -0.2) is 0 Å². The normalized spacial score (nSPS) is 28.2. The van der Waals surface area contributed by atoms with Gasteiger partial charge in [0.1, 0.15) is 0 Å². The number of aliphatic hydroxyl groups excluding tert-OH is 1. The first-order chi connectivity index (χ1) is 5.77. The lowest BCUT2D eigenvalue weighted by atomic mass is 9.82. The van der Waals surface area contributed by atoms with Gasteiger partial charge in [0.25, 0.3) is 0 Å². The van der Waals surface area contributed by atoms with Crippen molar-refractivity contribution >= 4 is 0 Å². The molecule has 2 rings (SSSR count). The summed E-state index contributed by atoms with van der Waals surface area (Å²) in [5, 5.41) is 9.53. The Morgan fingerprint density at radius 1 is 1.33 bits per heavy atom. The minimum atomic E-state index is -0.130. The van der Waals surface area contributed by atoms with Crippen LogP contribution in [0.5, 0.6) is 0 Å². The van der Waals surface area contributed by atoms with Crippen molar-refractivity contribution in [3.8, 4) is 0 Å². The lowest BCUT2D eigenvalue weighted by Crippen LogP contribution is -2.20. The van der Waals surface area contributed by atoms with Gasteiger partial charge in [-0.15, -0.1) is 0 Å². The SMILES string of the molecule is C[C@H]1CC(O)Cc2ccccc21. The molecule has 64 valence electrons. The summed E-state index contributed by atoms with van der Waals surface area (Å²) in [7, 11) is 0. The molecule has 1 heteroatoms. The molecule has 1 unspecified atom stereocenters. The van der Waals surface area contributed by atoms with Gasteiger partial charge in [-0.05, 0) is 29.9 Å². The Morgan fingerprint density at radius 2 is 2.08 bits per heavy atom. The van der Waals surface area contributed by atoms with Crippen molar-refractivity contribution < 1.29 is 5.11 Å². The van der Waals surface area contributed by atoms with Crippen molar-refractivity contribution in [2.75, 3.05) is 0 Å². The van der Waals surface area contributed by atoms with Crippen LogP contribution in [0, 0.1) is 0 Å². The summed E-state index contributed by atoms with van der Waals surface area (Å²) < 4.78 is 0. The van der Waals surface area contributed by atoms with Crippen LogP contribution >= 0.6 is 0 Å². The maximum atomic E-state index is 9.53. The largest absolute Gasteiger partial charge is 0.393 e. The fraction of sp³-hybridized carbons (Fsp3) is 0.455. The highest BCUT2D eigenvalue weighted by molar-refractivity contribution is 5.32. The molecule has 0 bridgehead atoms. The minimum absolute atomic E-state index is 0.130. The van der Waals surface area contributed by atoms with Crippen molar-refractivity contribution in [1.82, 2.24) is 0 Å². The Kier molecular flexibility index (Phi) is 1.89. The first-order valence-electron chi connectivity index (χ1n) is 4.53. The summed E-state index contributed by atoms with van der Waals surface area (Å²) in [5.41, 5.74) is 2.74.